The van der Waals surface area contributed by atoms with Crippen molar-refractivity contribution in [1.82, 2.24) is 5.32 Å². The molecule has 0 bridgehead atoms. The quantitative estimate of drug-likeness (QED) is 0.0670. The molecule has 0 spiro atoms. The van der Waals surface area contributed by atoms with Gasteiger partial charge in [0, 0.05) is 82.3 Å². The smallest absolute Gasteiger partial charge is 0.305 e. The molecule has 0 unspecified atom stereocenters. The standard InChI is InChI=1S/C48H71NO27/c1-23(50)49-37-41(68-29(7)56)38(75-48-45(71-32(10)59)42(69-30(8)57)39(66-27(5)54)35(74-48)22-65-26(4)53)33(20-63-24(2)51)72-46(37)76-43-40(67-28(6)55)34(21-64-25(3)52)73-47(44(43)70-31(9)58)62-19-17-15-13-12-14-16-18-36(60)61-11/h33-35,37-48H,12-22H2,1-11H3,(H,49,50)/t33-,34+,35-,37-,38-,39-,40+,41-,42+,43-,44+,45-,46+,47+,48+/m0/s1. The van der Waals surface area contributed by atoms with Gasteiger partial charge in [-0.25, -0.2) is 0 Å². The molecule has 3 fully saturated rings. The predicted octanol–water partition coefficient (Wildman–Crippen LogP) is 0.636. The highest BCUT2D eigenvalue weighted by Crippen LogP contribution is 2.38. The minimum atomic E-state index is -1.97. The maximum atomic E-state index is 13.2. The molecule has 76 heavy (non-hydrogen) atoms. The molecule has 0 aliphatic carbocycles. The summed E-state index contributed by atoms with van der Waals surface area (Å²) in [5.41, 5.74) is 0. The maximum absolute atomic E-state index is 13.2. The first-order valence-corrected chi connectivity index (χ1v) is 24.5. The molecule has 0 aromatic carbocycles. The number of ether oxygens (including phenoxy) is 16. The van der Waals surface area contributed by atoms with E-state index in [2.05, 4.69) is 10.1 Å². The third-order valence-electron chi connectivity index (χ3n) is 11.2. The molecule has 1 N–H and O–H groups in total. The van der Waals surface area contributed by atoms with Crippen LogP contribution in [0.15, 0.2) is 0 Å². The molecule has 28 nitrogen and oxygen atoms in total. The molecule has 3 heterocycles. The number of rotatable bonds is 27. The number of carbonyl (C=O) groups excluding carboxylic acids is 11. The highest BCUT2D eigenvalue weighted by Gasteiger charge is 2.59. The summed E-state index contributed by atoms with van der Waals surface area (Å²) in [5.74, 6) is -9.32. The molecule has 15 atom stereocenters. The summed E-state index contributed by atoms with van der Waals surface area (Å²) in [5, 5.41) is 2.59. The van der Waals surface area contributed by atoms with Crippen molar-refractivity contribution in [3.63, 3.8) is 0 Å². The Morgan fingerprint density at radius 1 is 0.382 bits per heavy atom. The molecule has 3 aliphatic rings. The van der Waals surface area contributed by atoms with E-state index in [9.17, 15) is 52.7 Å². The number of amides is 1. The lowest BCUT2D eigenvalue weighted by Crippen LogP contribution is -2.71. The monoisotopic (exact) mass is 1090 g/mol. The molecule has 1 amide bonds. The van der Waals surface area contributed by atoms with Crippen LogP contribution in [0, 0.1) is 0 Å². The zero-order chi connectivity index (χ0) is 56.8. The Morgan fingerprint density at radius 2 is 0.750 bits per heavy atom. The lowest BCUT2D eigenvalue weighted by atomic mass is 9.94. The fourth-order valence-corrected chi connectivity index (χ4v) is 8.38. The molecule has 0 aromatic rings. The van der Waals surface area contributed by atoms with Crippen molar-refractivity contribution in [2.75, 3.05) is 33.5 Å². The van der Waals surface area contributed by atoms with Gasteiger partial charge in [-0.05, 0) is 12.8 Å². The largest absolute Gasteiger partial charge is 0.469 e. The van der Waals surface area contributed by atoms with E-state index in [4.69, 9.17) is 71.1 Å². The van der Waals surface area contributed by atoms with Gasteiger partial charge in [-0.3, -0.25) is 52.7 Å². The van der Waals surface area contributed by atoms with Crippen LogP contribution in [0.1, 0.15) is 114 Å². The van der Waals surface area contributed by atoms with Gasteiger partial charge in [-0.1, -0.05) is 25.7 Å². The number of esters is 10. The number of hydrogen-bond acceptors (Lipinski definition) is 27. The second kappa shape index (κ2) is 31.9. The summed E-state index contributed by atoms with van der Waals surface area (Å²) in [4.78, 5) is 138. The van der Waals surface area contributed by atoms with E-state index in [0.29, 0.717) is 25.7 Å². The van der Waals surface area contributed by atoms with E-state index in [-0.39, 0.29) is 12.6 Å². The first-order valence-electron chi connectivity index (χ1n) is 24.5. The van der Waals surface area contributed by atoms with Crippen LogP contribution in [-0.4, -0.2) is 191 Å². The average molecular weight is 1090 g/mol. The van der Waals surface area contributed by atoms with Gasteiger partial charge in [0.2, 0.25) is 5.91 Å². The molecule has 3 rings (SSSR count). The molecule has 28 heteroatoms. The van der Waals surface area contributed by atoms with Crippen molar-refractivity contribution in [2.24, 2.45) is 0 Å². The van der Waals surface area contributed by atoms with E-state index in [1.165, 1.54) is 7.11 Å². The Morgan fingerprint density at radius 3 is 1.21 bits per heavy atom. The van der Waals surface area contributed by atoms with Gasteiger partial charge in [0.25, 0.3) is 0 Å². The molecular weight excluding hydrogens is 1020 g/mol. The summed E-state index contributed by atoms with van der Waals surface area (Å²) in [6.07, 6.45) is -19.5. The first kappa shape index (κ1) is 64.2. The highest BCUT2D eigenvalue weighted by molar-refractivity contribution is 5.74. The van der Waals surface area contributed by atoms with Gasteiger partial charge in [0.1, 0.15) is 56.4 Å². The van der Waals surface area contributed by atoms with Gasteiger partial charge < -0.3 is 81.1 Å². The number of unbranched alkanes of at least 4 members (excludes halogenated alkanes) is 5. The van der Waals surface area contributed by atoms with Crippen molar-refractivity contribution >= 4 is 65.6 Å². The number of hydrogen-bond donors (Lipinski definition) is 1. The fraction of sp³-hybridized carbons (Fsp3) is 0.771. The Balaban J connectivity index is 2.22. The zero-order valence-corrected chi connectivity index (χ0v) is 44.5. The van der Waals surface area contributed by atoms with Crippen LogP contribution in [0.5, 0.6) is 0 Å². The number of carbonyl (C=O) groups is 11. The molecular formula is C48H71NO27. The van der Waals surface area contributed by atoms with Crippen LogP contribution in [0.3, 0.4) is 0 Å². The number of nitrogens with one attached hydrogen (secondary N) is 1. The van der Waals surface area contributed by atoms with Gasteiger partial charge in [0.05, 0.1) is 7.11 Å². The first-order chi connectivity index (χ1) is 35.8. The zero-order valence-electron chi connectivity index (χ0n) is 44.5. The van der Waals surface area contributed by atoms with Gasteiger partial charge in [0.15, 0.2) is 55.5 Å². The summed E-state index contributed by atoms with van der Waals surface area (Å²) in [6.45, 7) is 8.33. The summed E-state index contributed by atoms with van der Waals surface area (Å²) in [6, 6.07) is -1.72. The van der Waals surface area contributed by atoms with Gasteiger partial charge >= 0.3 is 59.7 Å². The van der Waals surface area contributed by atoms with E-state index in [0.717, 1.165) is 88.5 Å². The third-order valence-corrected chi connectivity index (χ3v) is 11.2. The second-order valence-corrected chi connectivity index (χ2v) is 17.7. The topological polar surface area (TPSA) is 347 Å². The van der Waals surface area contributed by atoms with Gasteiger partial charge in [-0.15, -0.1) is 0 Å². The normalized spacial score (nSPS) is 29.0. The minimum absolute atomic E-state index is 0.00151. The van der Waals surface area contributed by atoms with Crippen molar-refractivity contribution in [3.8, 4) is 0 Å². The Hall–Kier alpha value is -6.07. The van der Waals surface area contributed by atoms with E-state index < -0.39 is 172 Å². The minimum Gasteiger partial charge on any atom is -0.469 e. The van der Waals surface area contributed by atoms with E-state index in [1.54, 1.807) is 0 Å². The van der Waals surface area contributed by atoms with Crippen molar-refractivity contribution in [3.05, 3.63) is 0 Å². The van der Waals surface area contributed by atoms with Crippen molar-refractivity contribution in [1.29, 1.82) is 0 Å². The van der Waals surface area contributed by atoms with Crippen LogP contribution in [0.2, 0.25) is 0 Å². The molecule has 3 saturated heterocycles. The molecule has 430 valence electrons. The van der Waals surface area contributed by atoms with Gasteiger partial charge in [-0.2, -0.15) is 0 Å². The Bertz CT molecular complexity index is 2010. The lowest BCUT2D eigenvalue weighted by molar-refractivity contribution is -0.368. The Labute approximate surface area is 438 Å². The molecule has 0 radical (unpaired) electrons. The van der Waals surface area contributed by atoms with Crippen molar-refractivity contribution in [2.45, 2.75) is 206 Å². The van der Waals surface area contributed by atoms with Crippen LogP contribution in [0.4, 0.5) is 0 Å². The lowest BCUT2D eigenvalue weighted by Gasteiger charge is -2.51. The third kappa shape index (κ3) is 21.5. The van der Waals surface area contributed by atoms with Crippen LogP contribution in [-0.2, 0) is 129 Å². The van der Waals surface area contributed by atoms with E-state index in [1.807, 2.05) is 0 Å². The van der Waals surface area contributed by atoms with Crippen LogP contribution < -0.4 is 5.32 Å². The Kier molecular flexibility index (Phi) is 26.9. The summed E-state index contributed by atoms with van der Waals surface area (Å²) >= 11 is 0. The van der Waals surface area contributed by atoms with E-state index >= 15 is 0 Å². The predicted molar refractivity (Wildman–Crippen MR) is 247 cm³/mol. The molecule has 0 aromatic heterocycles. The van der Waals surface area contributed by atoms with Crippen molar-refractivity contribution < 1.29 is 129 Å². The average Bonchev–Trinajstić information content (AvgIpc) is 3.30. The van der Waals surface area contributed by atoms with Crippen LogP contribution >= 0.6 is 0 Å². The highest BCUT2D eigenvalue weighted by atomic mass is 16.8. The summed E-state index contributed by atoms with van der Waals surface area (Å²) < 4.78 is 92.5. The number of methoxy groups -OCH3 is 1. The van der Waals surface area contributed by atoms with Crippen LogP contribution in [0.25, 0.3) is 0 Å². The summed E-state index contributed by atoms with van der Waals surface area (Å²) in [7, 11) is 1.32. The molecule has 3 aliphatic heterocycles. The SMILES string of the molecule is COC(=O)CCCCCCCCO[C@@H]1O[C@H](COC(C)=O)[C@@H](OC(C)=O)[C@H](O[C@H]2O[C@@H](COC(C)=O)[C@H](O[C@H]3O[C@@H](COC(C)=O)[C@H](OC(C)=O)[C@@H](OC(C)=O)[C@@H]3OC(C)=O)[C@@H](OC(C)=O)[C@@H]2NC(C)=O)[C@H]1OC(C)=O. The second-order valence-electron chi connectivity index (χ2n) is 17.7. The maximum Gasteiger partial charge on any atom is 0.305 e. The molecule has 0 saturated carbocycles. The fourth-order valence-electron chi connectivity index (χ4n) is 8.38.